The molecular weight excluding hydrogens is 432 g/mol. The third-order valence-corrected chi connectivity index (χ3v) is 6.64. The number of nitrogens with zero attached hydrogens (tertiary/aromatic N) is 2. The van der Waals surface area contributed by atoms with E-state index in [1.165, 1.54) is 6.07 Å². The van der Waals surface area contributed by atoms with Gasteiger partial charge in [0.15, 0.2) is 5.84 Å². The molecule has 1 saturated heterocycles. The Morgan fingerprint density at radius 1 is 1.16 bits per heavy atom. The van der Waals surface area contributed by atoms with Gasteiger partial charge in [0, 0.05) is 17.8 Å². The maximum Gasteiger partial charge on any atom is 0.285 e. The Bertz CT molecular complexity index is 1160. The summed E-state index contributed by atoms with van der Waals surface area (Å²) in [4.78, 5) is 26.9. The van der Waals surface area contributed by atoms with Gasteiger partial charge in [0.2, 0.25) is 11.8 Å². The number of amides is 2. The van der Waals surface area contributed by atoms with Gasteiger partial charge in [-0.05, 0) is 56.2 Å². The van der Waals surface area contributed by atoms with Crippen LogP contribution < -0.4 is 15.4 Å². The molecule has 2 aromatic carbocycles. The lowest BCUT2D eigenvalue weighted by molar-refractivity contribution is -0.126. The van der Waals surface area contributed by atoms with Gasteiger partial charge in [-0.1, -0.05) is 12.1 Å². The van der Waals surface area contributed by atoms with Gasteiger partial charge in [0.25, 0.3) is 10.0 Å². The molecule has 2 amide bonds. The summed E-state index contributed by atoms with van der Waals surface area (Å²) in [6.07, 6.45) is 1.27. The molecule has 0 spiro atoms. The third kappa shape index (κ3) is 4.45. The second-order valence-corrected chi connectivity index (χ2v) is 9.03. The highest BCUT2D eigenvalue weighted by Gasteiger charge is 2.39. The van der Waals surface area contributed by atoms with Crippen LogP contribution in [0.25, 0.3) is 0 Å². The molecule has 0 saturated carbocycles. The zero-order chi connectivity index (χ0) is 22.7. The van der Waals surface area contributed by atoms with E-state index in [0.717, 1.165) is 6.42 Å². The maximum atomic E-state index is 12.8. The normalized spacial score (nSPS) is 18.6. The number of amidine groups is 1. The lowest BCUT2D eigenvalue weighted by Crippen LogP contribution is -2.47. The molecule has 0 aliphatic carbocycles. The van der Waals surface area contributed by atoms with Gasteiger partial charge in [-0.15, -0.1) is 4.40 Å². The number of fused-ring (bicyclic) bond motifs is 1. The summed E-state index contributed by atoms with van der Waals surface area (Å²) in [5.41, 5.74) is 1.10. The fourth-order valence-electron chi connectivity index (χ4n) is 3.88. The standard InChI is InChI=1S/C22H24N4O5S/c1-2-31-16-11-9-15(10-12-16)24-20(27)14-23-22(28)18-7-5-13-26(18)21-17-6-3-4-8-19(17)32(29,30)25-21/h3-4,6,8-12,18H,2,5,7,13-14H2,1H3,(H,23,28)(H,24,27)/t18-/m0/s1. The molecule has 2 heterocycles. The van der Waals surface area contributed by atoms with Crippen molar-refractivity contribution >= 4 is 33.4 Å². The minimum atomic E-state index is -3.77. The number of rotatable bonds is 6. The van der Waals surface area contributed by atoms with Crippen molar-refractivity contribution in [2.75, 3.05) is 25.0 Å². The van der Waals surface area contributed by atoms with Crippen molar-refractivity contribution in [1.82, 2.24) is 10.2 Å². The second-order valence-electron chi connectivity index (χ2n) is 7.46. The maximum absolute atomic E-state index is 12.8. The molecule has 0 bridgehead atoms. The van der Waals surface area contributed by atoms with Crippen molar-refractivity contribution in [3.8, 4) is 5.75 Å². The topological polar surface area (TPSA) is 117 Å². The lowest BCUT2D eigenvalue weighted by Gasteiger charge is -2.25. The first-order valence-corrected chi connectivity index (χ1v) is 11.8. The van der Waals surface area contributed by atoms with Crippen molar-refractivity contribution in [2.45, 2.75) is 30.7 Å². The average molecular weight is 457 g/mol. The number of likely N-dealkylation sites (tertiary alicyclic amines) is 1. The molecule has 2 N–H and O–H groups in total. The van der Waals surface area contributed by atoms with Gasteiger partial charge < -0.3 is 20.3 Å². The number of carbonyl (C=O) groups is 2. The fraction of sp³-hybridized carbons (Fsp3) is 0.318. The van der Waals surface area contributed by atoms with Crippen molar-refractivity contribution in [1.29, 1.82) is 0 Å². The summed E-state index contributed by atoms with van der Waals surface area (Å²) in [5.74, 6) is 0.294. The minimum absolute atomic E-state index is 0.149. The fourth-order valence-corrected chi connectivity index (χ4v) is 5.10. The molecule has 0 radical (unpaired) electrons. The van der Waals surface area contributed by atoms with Crippen LogP contribution in [0, 0.1) is 0 Å². The molecule has 4 rings (SSSR count). The van der Waals surface area contributed by atoms with Crippen LogP contribution in [0.5, 0.6) is 5.75 Å². The summed E-state index contributed by atoms with van der Waals surface area (Å²) in [7, 11) is -3.77. The summed E-state index contributed by atoms with van der Waals surface area (Å²) in [6, 6.07) is 12.9. The quantitative estimate of drug-likeness (QED) is 0.684. The van der Waals surface area contributed by atoms with E-state index in [1.54, 1.807) is 47.4 Å². The highest BCUT2D eigenvalue weighted by Crippen LogP contribution is 2.31. The molecule has 168 valence electrons. The number of benzene rings is 2. The Morgan fingerprint density at radius 3 is 2.66 bits per heavy atom. The summed E-state index contributed by atoms with van der Waals surface area (Å²) in [5, 5.41) is 5.37. The first kappa shape index (κ1) is 21.8. The van der Waals surface area contributed by atoms with Crippen LogP contribution in [0.15, 0.2) is 57.8 Å². The van der Waals surface area contributed by atoms with E-state index in [1.807, 2.05) is 6.92 Å². The van der Waals surface area contributed by atoms with E-state index in [9.17, 15) is 18.0 Å². The first-order valence-electron chi connectivity index (χ1n) is 10.4. The van der Waals surface area contributed by atoms with E-state index in [4.69, 9.17) is 4.74 Å². The molecular formula is C22H24N4O5S. The van der Waals surface area contributed by atoms with Crippen LogP contribution >= 0.6 is 0 Å². The largest absolute Gasteiger partial charge is 0.494 e. The van der Waals surface area contributed by atoms with Crippen LogP contribution in [0.2, 0.25) is 0 Å². The molecule has 0 unspecified atom stereocenters. The monoisotopic (exact) mass is 456 g/mol. The molecule has 10 heteroatoms. The molecule has 2 aliphatic heterocycles. The minimum Gasteiger partial charge on any atom is -0.494 e. The summed E-state index contributed by atoms with van der Waals surface area (Å²) in [6.45, 7) is 2.76. The Hall–Kier alpha value is -3.40. The zero-order valence-corrected chi connectivity index (χ0v) is 18.4. The van der Waals surface area contributed by atoms with E-state index in [-0.39, 0.29) is 29.1 Å². The molecule has 1 atom stereocenters. The van der Waals surface area contributed by atoms with Crippen molar-refractivity contribution in [3.05, 3.63) is 54.1 Å². The Labute approximate surface area is 186 Å². The average Bonchev–Trinajstić information content (AvgIpc) is 3.36. The summed E-state index contributed by atoms with van der Waals surface area (Å²) >= 11 is 0. The van der Waals surface area contributed by atoms with Crippen LogP contribution in [0.1, 0.15) is 25.3 Å². The summed E-state index contributed by atoms with van der Waals surface area (Å²) < 4.78 is 34.0. The molecule has 9 nitrogen and oxygen atoms in total. The number of carbonyl (C=O) groups excluding carboxylic acids is 2. The van der Waals surface area contributed by atoms with Crippen molar-refractivity contribution < 1.29 is 22.7 Å². The van der Waals surface area contributed by atoms with E-state index in [0.29, 0.717) is 36.6 Å². The Kier molecular flexibility index (Phi) is 6.13. The van der Waals surface area contributed by atoms with Crippen molar-refractivity contribution in [2.24, 2.45) is 4.40 Å². The number of nitrogens with one attached hydrogen (secondary N) is 2. The molecule has 32 heavy (non-hydrogen) atoms. The number of hydrogen-bond acceptors (Lipinski definition) is 6. The predicted molar refractivity (Wildman–Crippen MR) is 119 cm³/mol. The van der Waals surface area contributed by atoms with Gasteiger partial charge in [0.1, 0.15) is 16.7 Å². The van der Waals surface area contributed by atoms with Crippen molar-refractivity contribution in [3.63, 3.8) is 0 Å². The SMILES string of the molecule is CCOc1ccc(NC(=O)CNC(=O)[C@@H]2CCCN2C2=NS(=O)(=O)c3ccccc32)cc1. The highest BCUT2D eigenvalue weighted by molar-refractivity contribution is 7.90. The van der Waals surface area contributed by atoms with E-state index in [2.05, 4.69) is 15.0 Å². The highest BCUT2D eigenvalue weighted by atomic mass is 32.2. The first-order chi connectivity index (χ1) is 15.4. The predicted octanol–water partition coefficient (Wildman–Crippen LogP) is 1.75. The van der Waals surface area contributed by atoms with Gasteiger partial charge in [-0.3, -0.25) is 9.59 Å². The van der Waals surface area contributed by atoms with Crippen LogP contribution in [-0.4, -0.2) is 56.7 Å². The smallest absolute Gasteiger partial charge is 0.285 e. The van der Waals surface area contributed by atoms with E-state index < -0.39 is 16.1 Å². The number of sulfonamides is 1. The van der Waals surface area contributed by atoms with Gasteiger partial charge >= 0.3 is 0 Å². The molecule has 1 fully saturated rings. The number of hydrogen-bond donors (Lipinski definition) is 2. The molecule has 0 aromatic heterocycles. The van der Waals surface area contributed by atoms with Crippen LogP contribution in [0.3, 0.4) is 0 Å². The lowest BCUT2D eigenvalue weighted by atomic mass is 10.1. The van der Waals surface area contributed by atoms with Crippen LogP contribution in [-0.2, 0) is 19.6 Å². The number of ether oxygens (including phenoxy) is 1. The molecule has 2 aliphatic rings. The van der Waals surface area contributed by atoms with Gasteiger partial charge in [0.05, 0.1) is 13.2 Å². The van der Waals surface area contributed by atoms with Crippen LogP contribution in [0.4, 0.5) is 5.69 Å². The van der Waals surface area contributed by atoms with Gasteiger partial charge in [-0.2, -0.15) is 8.42 Å². The Balaban J connectivity index is 1.38. The van der Waals surface area contributed by atoms with Gasteiger partial charge in [-0.25, -0.2) is 0 Å². The zero-order valence-electron chi connectivity index (χ0n) is 17.6. The Morgan fingerprint density at radius 2 is 1.91 bits per heavy atom. The second kappa shape index (κ2) is 8.99. The van der Waals surface area contributed by atoms with E-state index >= 15 is 0 Å². The molecule has 2 aromatic rings. The number of anilines is 1. The third-order valence-electron chi connectivity index (χ3n) is 5.31.